The van der Waals surface area contributed by atoms with Gasteiger partial charge in [0.1, 0.15) is 5.75 Å². The van der Waals surface area contributed by atoms with E-state index in [1.54, 1.807) is 19.1 Å². The van der Waals surface area contributed by atoms with Crippen LogP contribution in [0.25, 0.3) is 0 Å². The van der Waals surface area contributed by atoms with Gasteiger partial charge in [-0.25, -0.2) is 0 Å². The molecule has 0 aliphatic rings. The Hall–Kier alpha value is -1.31. The molecule has 12 heavy (non-hydrogen) atoms. The number of phenolic OH excluding ortho intramolecular Hbond substituents is 1. The summed E-state index contributed by atoms with van der Waals surface area (Å²) in [7, 11) is 0. The van der Waals surface area contributed by atoms with Crippen molar-refractivity contribution in [2.24, 2.45) is 0 Å². The minimum absolute atomic E-state index is 0.0376. The van der Waals surface area contributed by atoms with E-state index in [4.69, 9.17) is 0 Å². The summed E-state index contributed by atoms with van der Waals surface area (Å²) in [4.78, 5) is 11.0. The fraction of sp³-hybridized carbons (Fsp3) is 0.300. The summed E-state index contributed by atoms with van der Waals surface area (Å²) in [6, 6.07) is 3.33. The zero-order valence-corrected chi connectivity index (χ0v) is 7.51. The zero-order valence-electron chi connectivity index (χ0n) is 7.51. The first-order chi connectivity index (χ1) is 5.52. The molecule has 1 aromatic rings. The number of phenols is 1. The van der Waals surface area contributed by atoms with Crippen LogP contribution in [0.4, 0.5) is 0 Å². The van der Waals surface area contributed by atoms with Crippen LogP contribution >= 0.6 is 0 Å². The van der Waals surface area contributed by atoms with Crippen LogP contribution in [-0.4, -0.2) is 10.9 Å². The lowest BCUT2D eigenvalue weighted by atomic mass is 10.0. The first-order valence-corrected chi connectivity index (χ1v) is 3.83. The lowest BCUT2D eigenvalue weighted by Crippen LogP contribution is -1.96. The number of Topliss-reactive ketones (excluding diaryl/α,β-unsaturated/α-hetero) is 1. The molecule has 1 aromatic carbocycles. The van der Waals surface area contributed by atoms with Crippen LogP contribution in [0.1, 0.15) is 28.4 Å². The maximum Gasteiger partial charge on any atom is 0.160 e. The Morgan fingerprint density at radius 1 is 1.25 bits per heavy atom. The van der Waals surface area contributed by atoms with E-state index in [1.165, 1.54) is 6.92 Å². The summed E-state index contributed by atoms with van der Waals surface area (Å²) in [5.41, 5.74) is 2.25. The van der Waals surface area contributed by atoms with Crippen molar-refractivity contribution in [1.29, 1.82) is 0 Å². The highest BCUT2D eigenvalue weighted by Gasteiger charge is 2.06. The van der Waals surface area contributed by atoms with Crippen molar-refractivity contribution in [3.63, 3.8) is 0 Å². The maximum absolute atomic E-state index is 11.0. The molecule has 0 aliphatic heterocycles. The van der Waals surface area contributed by atoms with Crippen LogP contribution in [0.2, 0.25) is 0 Å². The quantitative estimate of drug-likeness (QED) is 0.646. The van der Waals surface area contributed by atoms with Gasteiger partial charge in [-0.05, 0) is 44.0 Å². The maximum atomic E-state index is 11.0. The number of carbonyl (C=O) groups excluding carboxylic acids is 1. The van der Waals surface area contributed by atoms with E-state index in [0.29, 0.717) is 5.56 Å². The second kappa shape index (κ2) is 2.97. The number of aromatic hydroxyl groups is 1. The van der Waals surface area contributed by atoms with Crippen LogP contribution in [0.3, 0.4) is 0 Å². The Kier molecular flexibility index (Phi) is 2.18. The highest BCUT2D eigenvalue weighted by atomic mass is 16.3. The zero-order chi connectivity index (χ0) is 9.30. The van der Waals surface area contributed by atoms with Crippen molar-refractivity contribution in [1.82, 2.24) is 0 Å². The first-order valence-electron chi connectivity index (χ1n) is 3.83. The van der Waals surface area contributed by atoms with Gasteiger partial charge in [0.05, 0.1) is 0 Å². The predicted octanol–water partition coefficient (Wildman–Crippen LogP) is 2.21. The minimum Gasteiger partial charge on any atom is -0.508 e. The average Bonchev–Trinajstić information content (AvgIpc) is 1.96. The second-order valence-electron chi connectivity index (χ2n) is 3.01. The third kappa shape index (κ3) is 1.47. The molecule has 64 valence electrons. The van der Waals surface area contributed by atoms with Gasteiger partial charge in [0.15, 0.2) is 5.78 Å². The van der Waals surface area contributed by atoms with Gasteiger partial charge in [0.2, 0.25) is 0 Å². The Labute approximate surface area is 71.8 Å². The van der Waals surface area contributed by atoms with E-state index in [0.717, 1.165) is 11.1 Å². The molecule has 0 bridgehead atoms. The van der Waals surface area contributed by atoms with Gasteiger partial charge in [-0.15, -0.1) is 0 Å². The molecule has 1 rings (SSSR count). The number of ketones is 1. The third-order valence-corrected chi connectivity index (χ3v) is 1.92. The molecule has 1 N–H and O–H groups in total. The van der Waals surface area contributed by atoms with Gasteiger partial charge in [0.25, 0.3) is 0 Å². The molecule has 0 atom stereocenters. The summed E-state index contributed by atoms with van der Waals surface area (Å²) in [5, 5.41) is 9.30. The van der Waals surface area contributed by atoms with Crippen LogP contribution in [0.15, 0.2) is 12.1 Å². The number of carbonyl (C=O) groups is 1. The average molecular weight is 164 g/mol. The molecule has 0 radical (unpaired) electrons. The van der Waals surface area contributed by atoms with Gasteiger partial charge in [0, 0.05) is 5.56 Å². The lowest BCUT2D eigenvalue weighted by molar-refractivity contribution is 0.101. The van der Waals surface area contributed by atoms with Crippen molar-refractivity contribution in [3.8, 4) is 5.75 Å². The third-order valence-electron chi connectivity index (χ3n) is 1.92. The molecule has 2 nitrogen and oxygen atoms in total. The summed E-state index contributed by atoms with van der Waals surface area (Å²) >= 11 is 0. The lowest BCUT2D eigenvalue weighted by Gasteiger charge is -2.04. The fourth-order valence-electron chi connectivity index (χ4n) is 1.18. The molecule has 0 amide bonds. The fourth-order valence-corrected chi connectivity index (χ4v) is 1.18. The molecule has 0 spiro atoms. The van der Waals surface area contributed by atoms with E-state index in [9.17, 15) is 9.90 Å². The normalized spacial score (nSPS) is 9.92. The largest absolute Gasteiger partial charge is 0.508 e. The molecule has 0 aliphatic carbocycles. The number of hydrogen-bond acceptors (Lipinski definition) is 2. The second-order valence-corrected chi connectivity index (χ2v) is 3.01. The summed E-state index contributed by atoms with van der Waals surface area (Å²) in [5.74, 6) is 0.285. The summed E-state index contributed by atoms with van der Waals surface area (Å²) in [6.45, 7) is 5.12. The van der Waals surface area contributed by atoms with Gasteiger partial charge in [-0.2, -0.15) is 0 Å². The standard InChI is InChI=1S/C10H12O2/c1-6-5-10(12)7(2)4-9(6)8(3)11/h4-5,12H,1-3H3. The van der Waals surface area contributed by atoms with Gasteiger partial charge >= 0.3 is 0 Å². The number of benzene rings is 1. The molecular weight excluding hydrogens is 152 g/mol. The van der Waals surface area contributed by atoms with Crippen molar-refractivity contribution >= 4 is 5.78 Å². The molecule has 0 saturated carbocycles. The van der Waals surface area contributed by atoms with Crippen LogP contribution in [-0.2, 0) is 0 Å². The van der Waals surface area contributed by atoms with Crippen LogP contribution in [0.5, 0.6) is 5.75 Å². The Bertz CT molecular complexity index is 327. The monoisotopic (exact) mass is 164 g/mol. The number of aryl methyl sites for hydroxylation is 2. The van der Waals surface area contributed by atoms with Crippen LogP contribution in [0, 0.1) is 13.8 Å². The van der Waals surface area contributed by atoms with Crippen molar-refractivity contribution < 1.29 is 9.90 Å². The van der Waals surface area contributed by atoms with E-state index >= 15 is 0 Å². The van der Waals surface area contributed by atoms with E-state index < -0.39 is 0 Å². The van der Waals surface area contributed by atoms with E-state index in [-0.39, 0.29) is 11.5 Å². The van der Waals surface area contributed by atoms with E-state index in [1.807, 2.05) is 6.92 Å². The molecular formula is C10H12O2. The Balaban J connectivity index is 3.33. The van der Waals surface area contributed by atoms with Gasteiger partial charge < -0.3 is 5.11 Å². The molecule has 0 heterocycles. The predicted molar refractivity (Wildman–Crippen MR) is 47.6 cm³/mol. The molecule has 0 aromatic heterocycles. The van der Waals surface area contributed by atoms with Gasteiger partial charge in [-0.3, -0.25) is 4.79 Å². The van der Waals surface area contributed by atoms with Gasteiger partial charge in [-0.1, -0.05) is 0 Å². The molecule has 0 saturated heterocycles. The van der Waals surface area contributed by atoms with Crippen molar-refractivity contribution in [2.75, 3.05) is 0 Å². The topological polar surface area (TPSA) is 37.3 Å². The van der Waals surface area contributed by atoms with Crippen molar-refractivity contribution in [3.05, 3.63) is 28.8 Å². The van der Waals surface area contributed by atoms with Crippen molar-refractivity contribution in [2.45, 2.75) is 20.8 Å². The Morgan fingerprint density at radius 3 is 2.33 bits per heavy atom. The molecule has 2 heteroatoms. The molecule has 0 unspecified atom stereocenters. The SMILES string of the molecule is CC(=O)c1cc(C)c(O)cc1C. The van der Waals surface area contributed by atoms with Crippen LogP contribution < -0.4 is 0 Å². The highest BCUT2D eigenvalue weighted by Crippen LogP contribution is 2.21. The number of hydrogen-bond donors (Lipinski definition) is 1. The Morgan fingerprint density at radius 2 is 1.83 bits per heavy atom. The summed E-state index contributed by atoms with van der Waals surface area (Å²) < 4.78 is 0. The number of rotatable bonds is 1. The van der Waals surface area contributed by atoms with E-state index in [2.05, 4.69) is 0 Å². The first kappa shape index (κ1) is 8.78. The minimum atomic E-state index is 0.0376. The smallest absolute Gasteiger partial charge is 0.160 e. The summed E-state index contributed by atoms with van der Waals surface area (Å²) in [6.07, 6.45) is 0. The molecule has 0 fully saturated rings. The highest BCUT2D eigenvalue weighted by molar-refractivity contribution is 5.95.